The molecule has 0 aromatic rings. The fourth-order valence-corrected chi connectivity index (χ4v) is 1.87. The highest BCUT2D eigenvalue weighted by molar-refractivity contribution is 6.51. The van der Waals surface area contributed by atoms with Crippen LogP contribution >= 0.6 is 0 Å². The van der Waals surface area contributed by atoms with Gasteiger partial charge in [0.2, 0.25) is 17.3 Å². The topological polar surface area (TPSA) is 60.9 Å². The van der Waals surface area contributed by atoms with Crippen molar-refractivity contribution < 1.29 is 14.4 Å². The van der Waals surface area contributed by atoms with Gasteiger partial charge in [-0.05, 0) is 0 Å². The maximum atomic E-state index is 12.4. The number of Topliss-reactive ketones (excluding diaryl/α,β-unsaturated/α-hetero) is 3. The third-order valence-corrected chi connectivity index (χ3v) is 2.63. The summed E-state index contributed by atoms with van der Waals surface area (Å²) in [5, 5.41) is 0. The predicted molar refractivity (Wildman–Crippen MR) is 80.3 cm³/mol. The molecule has 1 saturated carbocycles. The first-order valence-corrected chi connectivity index (χ1v) is 6.44. The zero-order valence-electron chi connectivity index (χ0n) is 13.3. The Morgan fingerprint density at radius 2 is 0.714 bits per heavy atom. The molecule has 0 atom stereocenters. The first-order chi connectivity index (χ1) is 9.65. The number of hydrogen-bond acceptors (Lipinski definition) is 6. The predicted octanol–water partition coefficient (Wildman–Crippen LogP) is 0.0438. The van der Waals surface area contributed by atoms with Gasteiger partial charge < -0.3 is 14.7 Å². The van der Waals surface area contributed by atoms with Crippen molar-refractivity contribution in [2.45, 2.75) is 0 Å². The van der Waals surface area contributed by atoms with Crippen LogP contribution in [0.4, 0.5) is 0 Å². The molecule has 0 saturated heterocycles. The van der Waals surface area contributed by atoms with E-state index in [9.17, 15) is 14.4 Å². The summed E-state index contributed by atoms with van der Waals surface area (Å²) in [5.74, 6) is -1.62. The minimum absolute atomic E-state index is 0.000741. The smallest absolute Gasteiger partial charge is 0.203 e. The first-order valence-electron chi connectivity index (χ1n) is 6.44. The van der Waals surface area contributed by atoms with E-state index in [4.69, 9.17) is 0 Å². The van der Waals surface area contributed by atoms with Crippen LogP contribution in [-0.4, -0.2) is 74.3 Å². The summed E-state index contributed by atoms with van der Waals surface area (Å²) in [6, 6.07) is 0. The molecule has 0 spiro atoms. The zero-order valence-corrected chi connectivity index (χ0v) is 13.3. The summed E-state index contributed by atoms with van der Waals surface area (Å²) in [7, 11) is 10.3. The van der Waals surface area contributed by atoms with E-state index in [-0.39, 0.29) is 16.7 Å². The Balaban J connectivity index is 3.49. The molecular formula is C15H21N3O3. The van der Waals surface area contributed by atoms with E-state index in [0.29, 0.717) is 0 Å². The molecule has 0 aromatic carbocycles. The Morgan fingerprint density at radius 1 is 0.524 bits per heavy atom. The van der Waals surface area contributed by atoms with E-state index in [0.717, 1.165) is 0 Å². The van der Waals surface area contributed by atoms with Gasteiger partial charge in [0.15, 0.2) is 0 Å². The lowest BCUT2D eigenvalue weighted by atomic mass is 9.84. The number of carbonyl (C=O) groups is 3. The van der Waals surface area contributed by atoms with Crippen molar-refractivity contribution in [1.82, 2.24) is 14.7 Å². The molecule has 0 N–H and O–H groups in total. The highest BCUT2D eigenvalue weighted by Gasteiger charge is 2.38. The van der Waals surface area contributed by atoms with Gasteiger partial charge in [0, 0.05) is 60.9 Å². The van der Waals surface area contributed by atoms with Gasteiger partial charge in [-0.2, -0.15) is 0 Å². The zero-order chi connectivity index (χ0) is 16.3. The second kappa shape index (κ2) is 6.39. The molecule has 0 radical (unpaired) electrons. The molecular weight excluding hydrogens is 270 g/mol. The molecule has 0 aromatic heterocycles. The lowest BCUT2D eigenvalue weighted by Crippen LogP contribution is -2.34. The second-order valence-corrected chi connectivity index (χ2v) is 5.51. The minimum Gasteiger partial charge on any atom is -0.383 e. The molecule has 1 fully saturated rings. The second-order valence-electron chi connectivity index (χ2n) is 5.51. The van der Waals surface area contributed by atoms with Crippen LogP contribution in [0, 0.1) is 0 Å². The Bertz CT molecular complexity index is 462. The average molecular weight is 291 g/mol. The van der Waals surface area contributed by atoms with E-state index in [2.05, 4.69) is 0 Å². The van der Waals surface area contributed by atoms with Gasteiger partial charge in [-0.3, -0.25) is 14.4 Å². The molecule has 1 aliphatic rings. The van der Waals surface area contributed by atoms with Crippen LogP contribution < -0.4 is 0 Å². The van der Waals surface area contributed by atoms with Gasteiger partial charge in [0.25, 0.3) is 0 Å². The van der Waals surface area contributed by atoms with E-state index in [1.54, 1.807) is 57.0 Å². The lowest BCUT2D eigenvalue weighted by Gasteiger charge is -2.21. The molecule has 0 bridgehead atoms. The molecule has 6 heteroatoms. The van der Waals surface area contributed by atoms with Crippen LogP contribution in [0.5, 0.6) is 0 Å². The number of ketones is 3. The summed E-state index contributed by atoms with van der Waals surface area (Å²) < 4.78 is 0. The molecule has 1 rings (SSSR count). The highest BCUT2D eigenvalue weighted by atomic mass is 16.2. The monoisotopic (exact) mass is 291 g/mol. The van der Waals surface area contributed by atoms with Crippen molar-refractivity contribution in [3.8, 4) is 0 Å². The summed E-state index contributed by atoms with van der Waals surface area (Å²) >= 11 is 0. The van der Waals surface area contributed by atoms with Crippen molar-refractivity contribution in [3.05, 3.63) is 35.3 Å². The third-order valence-electron chi connectivity index (χ3n) is 2.63. The van der Waals surface area contributed by atoms with Crippen LogP contribution in [0.15, 0.2) is 35.3 Å². The quantitative estimate of drug-likeness (QED) is 0.541. The molecule has 6 nitrogen and oxygen atoms in total. The molecule has 114 valence electrons. The van der Waals surface area contributed by atoms with Crippen LogP contribution in [-0.2, 0) is 14.4 Å². The molecule has 0 heterocycles. The maximum absolute atomic E-state index is 12.4. The van der Waals surface area contributed by atoms with Crippen LogP contribution in [0.3, 0.4) is 0 Å². The average Bonchev–Trinajstić information content (AvgIpc) is 2.35. The summed E-state index contributed by atoms with van der Waals surface area (Å²) in [6.45, 7) is 0. The van der Waals surface area contributed by atoms with Crippen LogP contribution in [0.1, 0.15) is 0 Å². The van der Waals surface area contributed by atoms with Crippen LogP contribution in [0.25, 0.3) is 0 Å². The van der Waals surface area contributed by atoms with Crippen LogP contribution in [0.2, 0.25) is 0 Å². The van der Waals surface area contributed by atoms with Gasteiger partial charge >= 0.3 is 0 Å². The van der Waals surface area contributed by atoms with E-state index in [1.165, 1.54) is 18.6 Å². The molecule has 21 heavy (non-hydrogen) atoms. The molecule has 0 aliphatic heterocycles. The van der Waals surface area contributed by atoms with Crippen molar-refractivity contribution in [3.63, 3.8) is 0 Å². The molecule has 1 aliphatic carbocycles. The maximum Gasteiger partial charge on any atom is 0.203 e. The summed E-state index contributed by atoms with van der Waals surface area (Å²) in [4.78, 5) is 42.0. The van der Waals surface area contributed by atoms with Gasteiger partial charge in [0.1, 0.15) is 0 Å². The number of carbonyl (C=O) groups excluding carboxylic acids is 3. The largest absolute Gasteiger partial charge is 0.383 e. The number of hydrogen-bond donors (Lipinski definition) is 0. The molecule has 0 amide bonds. The number of allylic oxidation sites excluding steroid dienone is 3. The van der Waals surface area contributed by atoms with E-state index in [1.807, 2.05) is 0 Å². The highest BCUT2D eigenvalue weighted by Crippen LogP contribution is 2.24. The summed E-state index contributed by atoms with van der Waals surface area (Å²) in [6.07, 6.45) is 4.35. The normalized spacial score (nSPS) is 15.1. The first kappa shape index (κ1) is 16.7. The molecule has 0 unspecified atom stereocenters. The third kappa shape index (κ3) is 3.81. The SMILES string of the molecule is CN(C)C=C1C(=O)C(=CN(C)C)C(=O)C(=CN(C)C)C1=O. The van der Waals surface area contributed by atoms with Crippen molar-refractivity contribution in [2.75, 3.05) is 42.3 Å². The standard InChI is InChI=1S/C15H21N3O3/c1-16(2)7-10-13(19)11(8-17(3)4)15(21)12(14(10)20)9-18(5)6/h7-9H,1-6H3. The Kier molecular flexibility index (Phi) is 5.07. The Morgan fingerprint density at radius 3 is 0.857 bits per heavy atom. The van der Waals surface area contributed by atoms with Gasteiger partial charge in [-0.15, -0.1) is 0 Å². The fraction of sp³-hybridized carbons (Fsp3) is 0.400. The van der Waals surface area contributed by atoms with E-state index >= 15 is 0 Å². The van der Waals surface area contributed by atoms with Crippen molar-refractivity contribution >= 4 is 17.3 Å². The minimum atomic E-state index is -0.539. The van der Waals surface area contributed by atoms with Gasteiger partial charge in [0.05, 0.1) is 16.7 Å². The Hall–Kier alpha value is -2.37. The van der Waals surface area contributed by atoms with Gasteiger partial charge in [-0.1, -0.05) is 0 Å². The van der Waals surface area contributed by atoms with Crippen molar-refractivity contribution in [2.24, 2.45) is 0 Å². The van der Waals surface area contributed by atoms with Crippen molar-refractivity contribution in [1.29, 1.82) is 0 Å². The fourth-order valence-electron chi connectivity index (χ4n) is 1.87. The summed E-state index contributed by atoms with van der Waals surface area (Å²) in [5.41, 5.74) is 0.00222. The number of nitrogens with zero attached hydrogens (tertiary/aromatic N) is 3. The lowest BCUT2D eigenvalue weighted by molar-refractivity contribution is -0.124. The van der Waals surface area contributed by atoms with Gasteiger partial charge in [-0.25, -0.2) is 0 Å². The van der Waals surface area contributed by atoms with E-state index < -0.39 is 17.3 Å². The Labute approximate surface area is 125 Å². The number of rotatable bonds is 3.